The Morgan fingerprint density at radius 1 is 0.811 bits per heavy atom. The first-order chi connectivity index (χ1) is 25.0. The smallest absolute Gasteiger partial charge is 0.197 e. The summed E-state index contributed by atoms with van der Waals surface area (Å²) in [6.07, 6.45) is -7.81. The topological polar surface area (TPSA) is 217 Å². The van der Waals surface area contributed by atoms with Crippen molar-refractivity contribution in [1.82, 2.24) is 0 Å². The molecular weight excluding hydrogens is 692 g/mol. The monoisotopic (exact) mass is 754 g/mol. The average molecular weight is 755 g/mol. The van der Waals surface area contributed by atoms with Gasteiger partial charge >= 0.3 is 0 Å². The minimum atomic E-state index is -1.63. The van der Waals surface area contributed by atoms with Crippen LogP contribution in [0.3, 0.4) is 0 Å². The van der Waals surface area contributed by atoms with Gasteiger partial charge in [0.2, 0.25) is 0 Å². The molecule has 302 valence electrons. The van der Waals surface area contributed by atoms with Crippen molar-refractivity contribution in [2.45, 2.75) is 171 Å². The third kappa shape index (κ3) is 5.87. The first-order valence-corrected chi connectivity index (χ1v) is 20.1. The second-order valence-electron chi connectivity index (χ2n) is 18.5. The molecule has 1 spiro atoms. The van der Waals surface area contributed by atoms with Crippen LogP contribution in [0.1, 0.15) is 79.6 Å². The van der Waals surface area contributed by atoms with Crippen molar-refractivity contribution in [3.63, 3.8) is 0 Å². The fourth-order valence-electron chi connectivity index (χ4n) is 12.7. The molecular formula is C39H62O14. The number of fused-ring (bicyclic) bond motifs is 7. The van der Waals surface area contributed by atoms with Crippen molar-refractivity contribution >= 4 is 0 Å². The summed E-state index contributed by atoms with van der Waals surface area (Å²) in [5.74, 6) is 0.218. The lowest BCUT2D eigenvalue weighted by atomic mass is 9.46. The van der Waals surface area contributed by atoms with Crippen molar-refractivity contribution in [2.75, 3.05) is 13.2 Å². The zero-order valence-corrected chi connectivity index (χ0v) is 31.5. The molecule has 0 aromatic carbocycles. The highest BCUT2D eigenvalue weighted by molar-refractivity contribution is 5.27. The first kappa shape index (κ1) is 39.0. The van der Waals surface area contributed by atoms with Crippen LogP contribution in [-0.4, -0.2) is 146 Å². The van der Waals surface area contributed by atoms with E-state index in [1.54, 1.807) is 0 Å². The Hall–Kier alpha value is -0.820. The molecule has 23 atom stereocenters. The van der Waals surface area contributed by atoms with Gasteiger partial charge in [-0.3, -0.25) is 0 Å². The van der Waals surface area contributed by atoms with Crippen LogP contribution < -0.4 is 0 Å². The van der Waals surface area contributed by atoms with Crippen molar-refractivity contribution in [3.8, 4) is 0 Å². The van der Waals surface area contributed by atoms with Gasteiger partial charge in [0.15, 0.2) is 18.4 Å². The van der Waals surface area contributed by atoms with Crippen LogP contribution in [0.2, 0.25) is 0 Å². The number of aliphatic hydroxyl groups is 8. The molecule has 0 bridgehead atoms. The maximum absolute atomic E-state index is 12.1. The van der Waals surface area contributed by atoms with Crippen LogP contribution in [0.5, 0.6) is 0 Å². The molecule has 8 aliphatic rings. The maximum Gasteiger partial charge on any atom is 0.197 e. The third-order valence-corrected chi connectivity index (χ3v) is 15.7. The normalized spacial score (nSPS) is 59.5. The average Bonchev–Trinajstić information content (AvgIpc) is 3.59. The Kier molecular flexibility index (Phi) is 10.3. The molecule has 8 N–H and O–H groups in total. The fourth-order valence-corrected chi connectivity index (χ4v) is 12.7. The summed E-state index contributed by atoms with van der Waals surface area (Å²) in [5, 5.41) is 86.5. The Bertz CT molecular complexity index is 1380. The molecule has 4 heterocycles. The Morgan fingerprint density at radius 2 is 1.53 bits per heavy atom. The second kappa shape index (κ2) is 13.9. The fraction of sp³-hybridized carbons (Fsp3) is 0.949. The number of hydrogen-bond donors (Lipinski definition) is 8. The molecule has 0 radical (unpaired) electrons. The van der Waals surface area contributed by atoms with Crippen LogP contribution in [0, 0.1) is 46.3 Å². The lowest BCUT2D eigenvalue weighted by Gasteiger charge is -2.60. The highest BCUT2D eigenvalue weighted by Gasteiger charge is 2.72. The quantitative estimate of drug-likeness (QED) is 0.178. The van der Waals surface area contributed by atoms with E-state index in [9.17, 15) is 40.9 Å². The standard InChI is InChI=1S/C39H62O14/c1-16-10-27(42)39(48-15-16)17(2)28-24(53-39)12-23-21-7-6-19-11-20(8-9-37(19,4)22(21)13-26(41)38(23,28)5)50-36-33(47)31(45)34(25(14-40)51-36)52-35-32(46)30(44)29(43)18(3)49-35/h6,16-18,20-36,40-47H,7-15H2,1-5H3/t16-,17-,18-,20-,21+,22-,23-,24-,25+,26+,27-,28-,29-,30+,31+,32+,33+,34+,35-,36+,37-,38+,39?/m0/s1. The van der Waals surface area contributed by atoms with E-state index in [4.69, 9.17) is 28.4 Å². The number of ether oxygens (including phenoxy) is 6. The van der Waals surface area contributed by atoms with E-state index in [0.29, 0.717) is 38.2 Å². The zero-order chi connectivity index (χ0) is 37.9. The molecule has 4 saturated heterocycles. The molecule has 3 saturated carbocycles. The predicted octanol–water partition coefficient (Wildman–Crippen LogP) is 0.332. The van der Waals surface area contributed by atoms with Gasteiger partial charge in [0, 0.05) is 17.3 Å². The van der Waals surface area contributed by atoms with Crippen LogP contribution in [0.15, 0.2) is 11.6 Å². The van der Waals surface area contributed by atoms with Crippen LogP contribution >= 0.6 is 0 Å². The summed E-state index contributed by atoms with van der Waals surface area (Å²) in [5.41, 5.74) is 0.761. The van der Waals surface area contributed by atoms with Crippen LogP contribution in [-0.2, 0) is 28.4 Å². The van der Waals surface area contributed by atoms with Gasteiger partial charge in [0.1, 0.15) is 48.8 Å². The second-order valence-corrected chi connectivity index (χ2v) is 18.5. The molecule has 4 aliphatic heterocycles. The summed E-state index contributed by atoms with van der Waals surface area (Å²) in [6.45, 7) is 10.3. The Morgan fingerprint density at radius 3 is 2.25 bits per heavy atom. The van der Waals surface area contributed by atoms with Gasteiger partial charge in [-0.2, -0.15) is 0 Å². The van der Waals surface area contributed by atoms with E-state index in [0.717, 1.165) is 19.3 Å². The lowest BCUT2D eigenvalue weighted by Crippen LogP contribution is -2.64. The van der Waals surface area contributed by atoms with Crippen molar-refractivity contribution < 1.29 is 69.3 Å². The Labute approximate surface area is 311 Å². The summed E-state index contributed by atoms with van der Waals surface area (Å²) in [6, 6.07) is 0. The SMILES string of the molecule is C[C@@H]1COC2(O[C@H]3C[C@H]4[C@@H]5CC=C6C[C@@H](O[C@@H]7O[C@H](CO)[C@@H](O[C@@H]8O[C@@H](C)[C@H](O)[C@@H](O)[C@H]8O)[C@H](O)[C@H]7O)CC[C@]6(C)[C@H]5C[C@@H](O)[C@]4(C)[C@H]3[C@@H]2C)[C@@H](O)C1. The largest absolute Gasteiger partial charge is 0.394 e. The van der Waals surface area contributed by atoms with Gasteiger partial charge < -0.3 is 69.3 Å². The first-order valence-electron chi connectivity index (χ1n) is 20.1. The van der Waals surface area contributed by atoms with Crippen LogP contribution in [0.25, 0.3) is 0 Å². The van der Waals surface area contributed by atoms with Gasteiger partial charge in [-0.05, 0) is 81.0 Å². The number of aliphatic hydroxyl groups excluding tert-OH is 8. The molecule has 14 heteroatoms. The van der Waals surface area contributed by atoms with Gasteiger partial charge in [-0.1, -0.05) is 39.3 Å². The van der Waals surface area contributed by atoms with E-state index < -0.39 is 86.0 Å². The van der Waals surface area contributed by atoms with Crippen molar-refractivity contribution in [1.29, 1.82) is 0 Å². The third-order valence-electron chi connectivity index (χ3n) is 15.7. The van der Waals surface area contributed by atoms with E-state index in [1.165, 1.54) is 12.5 Å². The van der Waals surface area contributed by atoms with Gasteiger partial charge in [-0.15, -0.1) is 0 Å². The van der Waals surface area contributed by atoms with E-state index in [-0.39, 0.29) is 52.6 Å². The lowest BCUT2D eigenvalue weighted by molar-refractivity contribution is -0.360. The molecule has 0 aromatic rings. The summed E-state index contributed by atoms with van der Waals surface area (Å²) in [7, 11) is 0. The maximum atomic E-state index is 12.1. The molecule has 7 fully saturated rings. The summed E-state index contributed by atoms with van der Waals surface area (Å²) < 4.78 is 36.6. The van der Waals surface area contributed by atoms with Gasteiger partial charge in [-0.25, -0.2) is 0 Å². The Balaban J connectivity index is 0.935. The number of rotatable bonds is 5. The molecule has 4 aliphatic carbocycles. The number of allylic oxidation sites excluding steroid dienone is 1. The molecule has 1 unspecified atom stereocenters. The van der Waals surface area contributed by atoms with E-state index >= 15 is 0 Å². The highest BCUT2D eigenvalue weighted by Crippen LogP contribution is 2.70. The van der Waals surface area contributed by atoms with Gasteiger partial charge in [0.25, 0.3) is 0 Å². The molecule has 0 aromatic heterocycles. The van der Waals surface area contributed by atoms with Gasteiger partial charge in [0.05, 0.1) is 37.6 Å². The molecule has 0 amide bonds. The minimum absolute atomic E-state index is 0.0463. The highest BCUT2D eigenvalue weighted by atomic mass is 16.7. The molecule has 14 nitrogen and oxygen atoms in total. The predicted molar refractivity (Wildman–Crippen MR) is 184 cm³/mol. The minimum Gasteiger partial charge on any atom is -0.394 e. The summed E-state index contributed by atoms with van der Waals surface area (Å²) >= 11 is 0. The molecule has 8 rings (SSSR count). The number of hydrogen-bond acceptors (Lipinski definition) is 14. The zero-order valence-electron chi connectivity index (χ0n) is 31.5. The van der Waals surface area contributed by atoms with E-state index in [2.05, 4.69) is 33.8 Å². The van der Waals surface area contributed by atoms with Crippen molar-refractivity contribution in [2.24, 2.45) is 46.3 Å². The summed E-state index contributed by atoms with van der Waals surface area (Å²) in [4.78, 5) is 0. The van der Waals surface area contributed by atoms with E-state index in [1.807, 2.05) is 0 Å². The van der Waals surface area contributed by atoms with Crippen molar-refractivity contribution in [3.05, 3.63) is 11.6 Å². The van der Waals surface area contributed by atoms with Crippen LogP contribution in [0.4, 0.5) is 0 Å². The molecule has 53 heavy (non-hydrogen) atoms.